The molecule has 0 N–H and O–H groups in total. The lowest BCUT2D eigenvalue weighted by molar-refractivity contribution is -0.127. The van der Waals surface area contributed by atoms with Gasteiger partial charge in [-0.3, -0.25) is 4.79 Å². The molecule has 0 aromatic carbocycles. The Balaban J connectivity index is 1.78. The van der Waals surface area contributed by atoms with Gasteiger partial charge in [-0.05, 0) is 37.8 Å². The number of rotatable bonds is 5. The van der Waals surface area contributed by atoms with Gasteiger partial charge in [0.25, 0.3) is 0 Å². The molecule has 0 bridgehead atoms. The summed E-state index contributed by atoms with van der Waals surface area (Å²) in [5, 5.41) is 2.12. The van der Waals surface area contributed by atoms with Crippen molar-refractivity contribution in [3.63, 3.8) is 0 Å². The van der Waals surface area contributed by atoms with Crippen LogP contribution in [0.4, 0.5) is 0 Å². The van der Waals surface area contributed by atoms with E-state index in [1.54, 1.807) is 0 Å². The molecule has 1 aliphatic carbocycles. The Morgan fingerprint density at radius 2 is 2.28 bits per heavy atom. The van der Waals surface area contributed by atoms with Gasteiger partial charge in [-0.1, -0.05) is 19.9 Å². The Morgan fingerprint density at radius 1 is 1.50 bits per heavy atom. The lowest BCUT2D eigenvalue weighted by Crippen LogP contribution is -2.32. The van der Waals surface area contributed by atoms with Crippen molar-refractivity contribution in [3.8, 4) is 0 Å². The van der Waals surface area contributed by atoms with E-state index >= 15 is 0 Å². The number of carbonyl (C=O) groups is 1. The van der Waals surface area contributed by atoms with Crippen LogP contribution in [0.1, 0.15) is 31.6 Å². The molecule has 0 aliphatic heterocycles. The lowest BCUT2D eigenvalue weighted by Gasteiger charge is -2.21. The van der Waals surface area contributed by atoms with Gasteiger partial charge in [0.05, 0.1) is 0 Å². The standard InChI is InChI=1S/C15H23NOS/c1-15(2)8-6-12(14(15)17)11-16(3)9-7-13-5-4-10-18-13/h4-5,10,12H,6-9,11H2,1-3H3. The molecule has 1 atom stereocenters. The SMILES string of the molecule is CN(CCc1cccs1)CC1CCC(C)(C)C1=O. The van der Waals surface area contributed by atoms with Crippen LogP contribution < -0.4 is 0 Å². The van der Waals surface area contributed by atoms with E-state index in [9.17, 15) is 4.79 Å². The summed E-state index contributed by atoms with van der Waals surface area (Å²) in [6, 6.07) is 4.28. The number of hydrogen-bond donors (Lipinski definition) is 0. The number of carbonyl (C=O) groups excluding carboxylic acids is 1. The number of ketones is 1. The zero-order chi connectivity index (χ0) is 13.2. The lowest BCUT2D eigenvalue weighted by atomic mass is 9.89. The Labute approximate surface area is 114 Å². The first-order valence-electron chi connectivity index (χ1n) is 6.74. The van der Waals surface area contributed by atoms with Gasteiger partial charge in [-0.2, -0.15) is 0 Å². The minimum atomic E-state index is -0.0841. The molecule has 0 spiro atoms. The maximum Gasteiger partial charge on any atom is 0.142 e. The van der Waals surface area contributed by atoms with Crippen LogP contribution >= 0.6 is 11.3 Å². The molecule has 100 valence electrons. The van der Waals surface area contributed by atoms with Gasteiger partial charge in [0.2, 0.25) is 0 Å². The quantitative estimate of drug-likeness (QED) is 0.814. The maximum atomic E-state index is 12.2. The molecule has 1 heterocycles. The zero-order valence-corrected chi connectivity index (χ0v) is 12.4. The minimum Gasteiger partial charge on any atom is -0.305 e. The van der Waals surface area contributed by atoms with Crippen LogP contribution in [0.2, 0.25) is 0 Å². The normalized spacial score (nSPS) is 22.9. The predicted molar refractivity (Wildman–Crippen MR) is 77.0 cm³/mol. The molecule has 0 amide bonds. The van der Waals surface area contributed by atoms with Gasteiger partial charge < -0.3 is 4.90 Å². The van der Waals surface area contributed by atoms with Crippen LogP contribution in [0, 0.1) is 11.3 Å². The molecule has 1 fully saturated rings. The third kappa shape index (κ3) is 3.21. The monoisotopic (exact) mass is 265 g/mol. The van der Waals surface area contributed by atoms with E-state index in [1.165, 1.54) is 4.88 Å². The summed E-state index contributed by atoms with van der Waals surface area (Å²) in [6.45, 7) is 6.14. The first-order chi connectivity index (χ1) is 8.49. The summed E-state index contributed by atoms with van der Waals surface area (Å²) < 4.78 is 0. The summed E-state index contributed by atoms with van der Waals surface area (Å²) in [5.74, 6) is 0.721. The Morgan fingerprint density at radius 3 is 2.83 bits per heavy atom. The second-order valence-corrected chi connectivity index (χ2v) is 7.11. The van der Waals surface area contributed by atoms with Crippen LogP contribution in [0.15, 0.2) is 17.5 Å². The molecule has 1 aromatic rings. The Hall–Kier alpha value is -0.670. The molecule has 1 aliphatic rings. The van der Waals surface area contributed by atoms with E-state index in [1.807, 2.05) is 11.3 Å². The van der Waals surface area contributed by atoms with Gasteiger partial charge in [-0.15, -0.1) is 11.3 Å². The first kappa shape index (κ1) is 13.8. The van der Waals surface area contributed by atoms with Crippen LogP contribution in [-0.2, 0) is 11.2 Å². The van der Waals surface area contributed by atoms with E-state index in [0.29, 0.717) is 5.78 Å². The Kier molecular flexibility index (Phi) is 4.23. The highest BCUT2D eigenvalue weighted by atomic mass is 32.1. The van der Waals surface area contributed by atoms with Crippen molar-refractivity contribution in [1.82, 2.24) is 4.90 Å². The molecule has 1 unspecified atom stereocenters. The van der Waals surface area contributed by atoms with Crippen molar-refractivity contribution in [2.45, 2.75) is 33.1 Å². The minimum absolute atomic E-state index is 0.0841. The van der Waals surface area contributed by atoms with Crippen LogP contribution in [0.5, 0.6) is 0 Å². The summed E-state index contributed by atoms with van der Waals surface area (Å²) in [7, 11) is 2.13. The largest absolute Gasteiger partial charge is 0.305 e. The maximum absolute atomic E-state index is 12.2. The molecule has 1 saturated carbocycles. The summed E-state index contributed by atoms with van der Waals surface area (Å²) in [4.78, 5) is 15.9. The highest BCUT2D eigenvalue weighted by molar-refractivity contribution is 7.09. The third-order valence-corrected chi connectivity index (χ3v) is 4.94. The van der Waals surface area contributed by atoms with Gasteiger partial charge in [0, 0.05) is 29.3 Å². The number of nitrogens with zero attached hydrogens (tertiary/aromatic N) is 1. The van der Waals surface area contributed by atoms with E-state index in [-0.39, 0.29) is 11.3 Å². The number of likely N-dealkylation sites (N-methyl/N-ethyl adjacent to an activating group) is 1. The van der Waals surface area contributed by atoms with Crippen molar-refractivity contribution < 1.29 is 4.79 Å². The van der Waals surface area contributed by atoms with Crippen molar-refractivity contribution in [2.75, 3.05) is 20.1 Å². The average molecular weight is 265 g/mol. The van der Waals surface area contributed by atoms with Crippen LogP contribution in [0.3, 0.4) is 0 Å². The van der Waals surface area contributed by atoms with E-state index in [2.05, 4.69) is 43.3 Å². The van der Waals surface area contributed by atoms with E-state index in [4.69, 9.17) is 0 Å². The highest BCUT2D eigenvalue weighted by Gasteiger charge is 2.40. The second-order valence-electron chi connectivity index (χ2n) is 6.08. The van der Waals surface area contributed by atoms with Crippen molar-refractivity contribution >= 4 is 17.1 Å². The average Bonchev–Trinajstić information content (AvgIpc) is 2.91. The van der Waals surface area contributed by atoms with Gasteiger partial charge >= 0.3 is 0 Å². The van der Waals surface area contributed by atoms with Gasteiger partial charge in [0.15, 0.2) is 0 Å². The molecular weight excluding hydrogens is 242 g/mol. The molecule has 18 heavy (non-hydrogen) atoms. The number of hydrogen-bond acceptors (Lipinski definition) is 3. The fourth-order valence-electron chi connectivity index (χ4n) is 2.74. The summed E-state index contributed by atoms with van der Waals surface area (Å²) in [6.07, 6.45) is 3.21. The molecular formula is C15H23NOS. The summed E-state index contributed by atoms with van der Waals surface area (Å²) in [5.41, 5.74) is -0.0841. The Bertz CT molecular complexity index is 397. The second kappa shape index (κ2) is 5.54. The fourth-order valence-corrected chi connectivity index (χ4v) is 3.44. The van der Waals surface area contributed by atoms with Crippen molar-refractivity contribution in [2.24, 2.45) is 11.3 Å². The molecule has 2 rings (SSSR count). The van der Waals surface area contributed by atoms with Gasteiger partial charge in [0.1, 0.15) is 5.78 Å². The third-order valence-electron chi connectivity index (χ3n) is 4.01. The molecule has 0 saturated heterocycles. The van der Waals surface area contributed by atoms with E-state index < -0.39 is 0 Å². The smallest absolute Gasteiger partial charge is 0.142 e. The molecule has 2 nitrogen and oxygen atoms in total. The molecule has 3 heteroatoms. The first-order valence-corrected chi connectivity index (χ1v) is 7.62. The molecule has 0 radical (unpaired) electrons. The number of thiophene rings is 1. The van der Waals surface area contributed by atoms with Crippen molar-refractivity contribution in [3.05, 3.63) is 22.4 Å². The highest BCUT2D eigenvalue weighted by Crippen LogP contribution is 2.37. The van der Waals surface area contributed by atoms with E-state index in [0.717, 1.165) is 32.4 Å². The molecule has 1 aromatic heterocycles. The predicted octanol–water partition coefficient (Wildman–Crippen LogP) is 3.23. The number of Topliss-reactive ketones (excluding diaryl/α,β-unsaturated/α-hetero) is 1. The van der Waals surface area contributed by atoms with Gasteiger partial charge in [-0.25, -0.2) is 0 Å². The summed E-state index contributed by atoms with van der Waals surface area (Å²) >= 11 is 1.81. The topological polar surface area (TPSA) is 20.3 Å². The fraction of sp³-hybridized carbons (Fsp3) is 0.667. The zero-order valence-electron chi connectivity index (χ0n) is 11.6. The van der Waals surface area contributed by atoms with Crippen molar-refractivity contribution in [1.29, 1.82) is 0 Å². The van der Waals surface area contributed by atoms with Crippen LogP contribution in [-0.4, -0.2) is 30.8 Å². The van der Waals surface area contributed by atoms with Crippen LogP contribution in [0.25, 0.3) is 0 Å².